The van der Waals surface area contributed by atoms with Crippen LogP contribution in [0.25, 0.3) is 11.2 Å². The Bertz CT molecular complexity index is 762. The van der Waals surface area contributed by atoms with E-state index in [0.717, 1.165) is 35.0 Å². The Balaban J connectivity index is 2.04. The van der Waals surface area contributed by atoms with E-state index in [9.17, 15) is 0 Å². The summed E-state index contributed by atoms with van der Waals surface area (Å²) in [6, 6.07) is 11.9. The van der Waals surface area contributed by atoms with Gasteiger partial charge in [-0.2, -0.15) is 0 Å². The minimum atomic E-state index is 0.544. The van der Waals surface area contributed by atoms with Gasteiger partial charge in [0, 0.05) is 24.2 Å². The monoisotopic (exact) mass is 299 g/mol. The molecule has 108 valence electrons. The number of halogens is 1. The van der Waals surface area contributed by atoms with Gasteiger partial charge in [-0.15, -0.1) is 0 Å². The Morgan fingerprint density at radius 1 is 1.19 bits per heavy atom. The molecule has 0 N–H and O–H groups in total. The van der Waals surface area contributed by atoms with Crippen molar-refractivity contribution in [2.45, 2.75) is 26.8 Å². The Morgan fingerprint density at radius 3 is 2.81 bits per heavy atom. The van der Waals surface area contributed by atoms with Crippen molar-refractivity contribution < 1.29 is 0 Å². The van der Waals surface area contributed by atoms with E-state index in [0.29, 0.717) is 5.92 Å². The summed E-state index contributed by atoms with van der Waals surface area (Å²) >= 11 is 6.07. The van der Waals surface area contributed by atoms with Gasteiger partial charge in [-0.05, 0) is 35.7 Å². The molecule has 2 aromatic heterocycles. The highest BCUT2D eigenvalue weighted by Gasteiger charge is 2.13. The zero-order chi connectivity index (χ0) is 14.8. The van der Waals surface area contributed by atoms with Crippen molar-refractivity contribution in [3.63, 3.8) is 0 Å². The topological polar surface area (TPSA) is 30.7 Å². The molecule has 0 bridgehead atoms. The number of benzene rings is 1. The molecule has 0 aliphatic heterocycles. The fraction of sp³-hybridized carbons (Fsp3) is 0.294. The predicted molar refractivity (Wildman–Crippen MR) is 86.6 cm³/mol. The van der Waals surface area contributed by atoms with Crippen LogP contribution in [-0.4, -0.2) is 14.5 Å². The summed E-state index contributed by atoms with van der Waals surface area (Å²) in [5, 5.41) is 0.761. The smallest absolute Gasteiger partial charge is 0.160 e. The highest BCUT2D eigenvalue weighted by atomic mass is 35.5. The first kappa shape index (κ1) is 14.1. The molecule has 21 heavy (non-hydrogen) atoms. The van der Waals surface area contributed by atoms with Crippen molar-refractivity contribution in [3.05, 3.63) is 59.0 Å². The van der Waals surface area contributed by atoms with Crippen LogP contribution in [0.15, 0.2) is 42.6 Å². The molecule has 0 aliphatic rings. The normalized spacial score (nSPS) is 11.4. The molecule has 0 amide bonds. The number of hydrogen-bond acceptors (Lipinski definition) is 2. The van der Waals surface area contributed by atoms with Crippen LogP contribution in [-0.2, 0) is 13.0 Å². The van der Waals surface area contributed by atoms with Crippen molar-refractivity contribution in [1.82, 2.24) is 14.5 Å². The summed E-state index contributed by atoms with van der Waals surface area (Å²) in [6.45, 7) is 5.33. The first-order valence-electron chi connectivity index (χ1n) is 7.18. The number of fused-ring (bicyclic) bond motifs is 1. The second kappa shape index (κ2) is 5.86. The lowest BCUT2D eigenvalue weighted by Gasteiger charge is -2.11. The standard InChI is InChI=1S/C17H18ClN3/c1-12(2)11-21-16(10-13-5-3-6-14(18)9-13)20-15-7-4-8-19-17(15)21/h3-9,12H,10-11H2,1-2H3. The Hall–Kier alpha value is -1.87. The minimum absolute atomic E-state index is 0.544. The quantitative estimate of drug-likeness (QED) is 0.718. The van der Waals surface area contributed by atoms with Crippen LogP contribution in [0.5, 0.6) is 0 Å². The lowest BCUT2D eigenvalue weighted by atomic mass is 10.1. The zero-order valence-electron chi connectivity index (χ0n) is 12.3. The van der Waals surface area contributed by atoms with Gasteiger partial charge in [0.2, 0.25) is 0 Å². The van der Waals surface area contributed by atoms with Crippen molar-refractivity contribution in [2.75, 3.05) is 0 Å². The number of hydrogen-bond donors (Lipinski definition) is 0. The number of imidazole rings is 1. The van der Waals surface area contributed by atoms with Crippen LogP contribution in [0.2, 0.25) is 5.02 Å². The molecule has 3 aromatic rings. The summed E-state index contributed by atoms with van der Waals surface area (Å²) in [4.78, 5) is 9.24. The number of pyridine rings is 1. The average molecular weight is 300 g/mol. The highest BCUT2D eigenvalue weighted by molar-refractivity contribution is 6.30. The molecule has 0 saturated carbocycles. The van der Waals surface area contributed by atoms with Gasteiger partial charge in [0.1, 0.15) is 11.3 Å². The summed E-state index contributed by atoms with van der Waals surface area (Å²) in [5.74, 6) is 1.59. The van der Waals surface area contributed by atoms with Crippen LogP contribution < -0.4 is 0 Å². The summed E-state index contributed by atoms with van der Waals surface area (Å²) in [6.07, 6.45) is 2.59. The maximum absolute atomic E-state index is 6.07. The molecule has 3 nitrogen and oxygen atoms in total. The molecule has 0 aliphatic carbocycles. The number of aromatic nitrogens is 3. The molecule has 0 atom stereocenters. The number of rotatable bonds is 4. The third kappa shape index (κ3) is 3.08. The molecule has 0 saturated heterocycles. The van der Waals surface area contributed by atoms with Crippen molar-refractivity contribution in [2.24, 2.45) is 5.92 Å². The number of nitrogens with zero attached hydrogens (tertiary/aromatic N) is 3. The van der Waals surface area contributed by atoms with E-state index >= 15 is 0 Å². The van der Waals surface area contributed by atoms with Crippen molar-refractivity contribution in [1.29, 1.82) is 0 Å². The molecule has 4 heteroatoms. The largest absolute Gasteiger partial charge is 0.312 e. The van der Waals surface area contributed by atoms with E-state index in [1.165, 1.54) is 5.56 Å². The van der Waals surface area contributed by atoms with Gasteiger partial charge in [0.15, 0.2) is 5.65 Å². The van der Waals surface area contributed by atoms with Crippen LogP contribution in [0, 0.1) is 5.92 Å². The van der Waals surface area contributed by atoms with Crippen LogP contribution in [0.4, 0.5) is 0 Å². The van der Waals surface area contributed by atoms with Gasteiger partial charge >= 0.3 is 0 Å². The van der Waals surface area contributed by atoms with Crippen molar-refractivity contribution in [3.8, 4) is 0 Å². The van der Waals surface area contributed by atoms with Crippen LogP contribution in [0.3, 0.4) is 0 Å². The first-order valence-corrected chi connectivity index (χ1v) is 7.56. The molecule has 3 rings (SSSR count). The summed E-state index contributed by atoms with van der Waals surface area (Å²) < 4.78 is 2.22. The van der Waals surface area contributed by atoms with E-state index < -0.39 is 0 Å². The summed E-state index contributed by atoms with van der Waals surface area (Å²) in [5.41, 5.74) is 3.08. The molecule has 1 aromatic carbocycles. The predicted octanol–water partition coefficient (Wildman–Crippen LogP) is 4.33. The van der Waals surface area contributed by atoms with E-state index in [-0.39, 0.29) is 0 Å². The van der Waals surface area contributed by atoms with Gasteiger partial charge in [0.25, 0.3) is 0 Å². The van der Waals surface area contributed by atoms with Gasteiger partial charge in [0.05, 0.1) is 0 Å². The Labute approximate surface area is 129 Å². The minimum Gasteiger partial charge on any atom is -0.312 e. The molecule has 0 spiro atoms. The second-order valence-corrected chi connectivity index (χ2v) is 6.12. The third-order valence-electron chi connectivity index (χ3n) is 3.38. The van der Waals surface area contributed by atoms with Gasteiger partial charge in [-0.1, -0.05) is 37.6 Å². The van der Waals surface area contributed by atoms with Gasteiger partial charge in [-0.25, -0.2) is 9.97 Å². The highest BCUT2D eigenvalue weighted by Crippen LogP contribution is 2.19. The average Bonchev–Trinajstić information content (AvgIpc) is 2.76. The van der Waals surface area contributed by atoms with Crippen LogP contribution in [0.1, 0.15) is 25.2 Å². The van der Waals surface area contributed by atoms with E-state index in [1.54, 1.807) is 0 Å². The fourth-order valence-electron chi connectivity index (χ4n) is 2.53. The lowest BCUT2D eigenvalue weighted by Crippen LogP contribution is -2.09. The Morgan fingerprint density at radius 2 is 2.05 bits per heavy atom. The zero-order valence-corrected chi connectivity index (χ0v) is 13.0. The molecule has 0 unspecified atom stereocenters. The van der Waals surface area contributed by atoms with E-state index in [1.807, 2.05) is 36.5 Å². The first-order chi connectivity index (χ1) is 10.1. The maximum Gasteiger partial charge on any atom is 0.160 e. The molecular weight excluding hydrogens is 282 g/mol. The van der Waals surface area contributed by atoms with E-state index in [4.69, 9.17) is 16.6 Å². The van der Waals surface area contributed by atoms with Crippen molar-refractivity contribution >= 4 is 22.8 Å². The maximum atomic E-state index is 6.07. The molecular formula is C17H18ClN3. The SMILES string of the molecule is CC(C)Cn1c(Cc2cccc(Cl)c2)nc2cccnc21. The summed E-state index contributed by atoms with van der Waals surface area (Å²) in [7, 11) is 0. The fourth-order valence-corrected chi connectivity index (χ4v) is 2.74. The second-order valence-electron chi connectivity index (χ2n) is 5.69. The molecule has 0 fully saturated rings. The third-order valence-corrected chi connectivity index (χ3v) is 3.62. The van der Waals surface area contributed by atoms with Crippen LogP contribution >= 0.6 is 11.6 Å². The van der Waals surface area contributed by atoms with E-state index in [2.05, 4.69) is 29.5 Å². The van der Waals surface area contributed by atoms with Gasteiger partial charge < -0.3 is 4.57 Å². The Kier molecular flexibility index (Phi) is 3.93. The lowest BCUT2D eigenvalue weighted by molar-refractivity contribution is 0.518. The van der Waals surface area contributed by atoms with Gasteiger partial charge in [-0.3, -0.25) is 0 Å². The molecule has 2 heterocycles. The molecule has 0 radical (unpaired) electrons.